The number of ether oxygens (including phenoxy) is 1. The maximum absolute atomic E-state index is 5.28. The third-order valence-electron chi connectivity index (χ3n) is 4.31. The molecule has 0 spiro atoms. The van der Waals surface area contributed by atoms with E-state index < -0.39 is 0 Å². The predicted molar refractivity (Wildman–Crippen MR) is 84.4 cm³/mol. The van der Waals surface area contributed by atoms with Gasteiger partial charge >= 0.3 is 0 Å². The summed E-state index contributed by atoms with van der Waals surface area (Å²) in [5, 5.41) is 3.60. The van der Waals surface area contributed by atoms with E-state index in [0.29, 0.717) is 6.04 Å². The summed E-state index contributed by atoms with van der Waals surface area (Å²) < 4.78 is 5.28. The van der Waals surface area contributed by atoms with Crippen molar-refractivity contribution in [1.29, 1.82) is 0 Å². The van der Waals surface area contributed by atoms with Crippen LogP contribution in [0.2, 0.25) is 0 Å². The van der Waals surface area contributed by atoms with Gasteiger partial charge in [0.2, 0.25) is 0 Å². The summed E-state index contributed by atoms with van der Waals surface area (Å²) in [6.45, 7) is 9.22. The van der Waals surface area contributed by atoms with E-state index >= 15 is 0 Å². The number of nitrogens with zero attached hydrogens (tertiary/aromatic N) is 1. The Morgan fingerprint density at radius 3 is 2.95 bits per heavy atom. The van der Waals surface area contributed by atoms with Crippen LogP contribution in [0.4, 0.5) is 0 Å². The van der Waals surface area contributed by atoms with Crippen molar-refractivity contribution in [2.75, 3.05) is 33.3 Å². The van der Waals surface area contributed by atoms with Crippen LogP contribution < -0.4 is 10.1 Å². The molecule has 1 N–H and O–H groups in total. The predicted octanol–water partition coefficient (Wildman–Crippen LogP) is 2.56. The average Bonchev–Trinajstić information content (AvgIpc) is 2.48. The van der Waals surface area contributed by atoms with E-state index in [-0.39, 0.29) is 0 Å². The molecule has 1 aromatic rings. The molecule has 2 unspecified atom stereocenters. The first-order valence-corrected chi connectivity index (χ1v) is 7.81. The van der Waals surface area contributed by atoms with Gasteiger partial charge in [0, 0.05) is 19.1 Å². The maximum Gasteiger partial charge on any atom is 0.119 e. The van der Waals surface area contributed by atoms with Gasteiger partial charge in [-0.05, 0) is 49.5 Å². The minimum atomic E-state index is 0.702. The summed E-state index contributed by atoms with van der Waals surface area (Å²) >= 11 is 0. The van der Waals surface area contributed by atoms with E-state index in [1.165, 1.54) is 25.1 Å². The van der Waals surface area contributed by atoms with Crippen molar-refractivity contribution in [3.8, 4) is 5.75 Å². The molecule has 1 aliphatic heterocycles. The molecule has 0 amide bonds. The zero-order valence-corrected chi connectivity index (χ0v) is 13.1. The lowest BCUT2D eigenvalue weighted by atomic mass is 9.93. The van der Waals surface area contributed by atoms with Crippen LogP contribution in [-0.2, 0) is 6.42 Å². The molecule has 0 aromatic heterocycles. The summed E-state index contributed by atoms with van der Waals surface area (Å²) in [6.07, 6.45) is 2.38. The fourth-order valence-electron chi connectivity index (χ4n) is 3.12. The number of methoxy groups -OCH3 is 1. The minimum absolute atomic E-state index is 0.702. The topological polar surface area (TPSA) is 24.5 Å². The Bertz CT molecular complexity index is 408. The third-order valence-corrected chi connectivity index (χ3v) is 4.31. The highest BCUT2D eigenvalue weighted by Crippen LogP contribution is 2.18. The summed E-state index contributed by atoms with van der Waals surface area (Å²) in [4.78, 5) is 2.60. The molecule has 1 aromatic carbocycles. The second-order valence-electron chi connectivity index (χ2n) is 5.83. The SMILES string of the molecule is CCNC1CCN(CCc2cccc(OC)c2)CC1C. The lowest BCUT2D eigenvalue weighted by Crippen LogP contribution is -2.48. The summed E-state index contributed by atoms with van der Waals surface area (Å²) in [5.41, 5.74) is 1.37. The van der Waals surface area contributed by atoms with Gasteiger partial charge in [0.1, 0.15) is 5.75 Å². The van der Waals surface area contributed by atoms with Gasteiger partial charge in [0.15, 0.2) is 0 Å². The Morgan fingerprint density at radius 1 is 1.40 bits per heavy atom. The van der Waals surface area contributed by atoms with E-state index in [1.807, 2.05) is 6.07 Å². The van der Waals surface area contributed by atoms with Crippen LogP contribution in [0.1, 0.15) is 25.8 Å². The number of nitrogens with one attached hydrogen (secondary N) is 1. The van der Waals surface area contributed by atoms with Gasteiger partial charge in [-0.2, -0.15) is 0 Å². The smallest absolute Gasteiger partial charge is 0.119 e. The first kappa shape index (κ1) is 15.3. The number of rotatable bonds is 6. The van der Waals surface area contributed by atoms with Crippen LogP contribution in [0.3, 0.4) is 0 Å². The first-order chi connectivity index (χ1) is 9.72. The van der Waals surface area contributed by atoms with Gasteiger partial charge < -0.3 is 15.0 Å². The van der Waals surface area contributed by atoms with Crippen LogP contribution in [-0.4, -0.2) is 44.2 Å². The van der Waals surface area contributed by atoms with Crippen molar-refractivity contribution < 1.29 is 4.74 Å². The Balaban J connectivity index is 1.80. The molecule has 2 atom stereocenters. The summed E-state index contributed by atoms with van der Waals surface area (Å²) in [5.74, 6) is 1.70. The second-order valence-corrected chi connectivity index (χ2v) is 5.83. The molecule has 2 rings (SSSR count). The second kappa shape index (κ2) is 7.65. The van der Waals surface area contributed by atoms with Crippen LogP contribution in [0.25, 0.3) is 0 Å². The van der Waals surface area contributed by atoms with Gasteiger partial charge in [0.25, 0.3) is 0 Å². The first-order valence-electron chi connectivity index (χ1n) is 7.81. The van der Waals surface area contributed by atoms with E-state index in [0.717, 1.165) is 31.2 Å². The lowest BCUT2D eigenvalue weighted by Gasteiger charge is -2.37. The van der Waals surface area contributed by atoms with Gasteiger partial charge in [-0.3, -0.25) is 0 Å². The number of hydrogen-bond acceptors (Lipinski definition) is 3. The molecule has 3 heteroatoms. The van der Waals surface area contributed by atoms with E-state index in [4.69, 9.17) is 4.74 Å². The molecule has 0 bridgehead atoms. The average molecular weight is 276 g/mol. The fourth-order valence-corrected chi connectivity index (χ4v) is 3.12. The Kier molecular flexibility index (Phi) is 5.86. The van der Waals surface area contributed by atoms with Gasteiger partial charge in [0.05, 0.1) is 7.11 Å². The quantitative estimate of drug-likeness (QED) is 0.864. The largest absolute Gasteiger partial charge is 0.497 e. The van der Waals surface area contributed by atoms with E-state index in [1.54, 1.807) is 7.11 Å². The zero-order valence-electron chi connectivity index (χ0n) is 13.1. The van der Waals surface area contributed by atoms with Crippen molar-refractivity contribution in [3.05, 3.63) is 29.8 Å². The van der Waals surface area contributed by atoms with Crippen molar-refractivity contribution in [2.24, 2.45) is 5.92 Å². The fraction of sp³-hybridized carbons (Fsp3) is 0.647. The molecule has 0 saturated carbocycles. The molecule has 3 nitrogen and oxygen atoms in total. The van der Waals surface area contributed by atoms with Crippen molar-refractivity contribution >= 4 is 0 Å². The van der Waals surface area contributed by atoms with Crippen molar-refractivity contribution in [1.82, 2.24) is 10.2 Å². The molecule has 0 aliphatic carbocycles. The monoisotopic (exact) mass is 276 g/mol. The summed E-state index contributed by atoms with van der Waals surface area (Å²) in [7, 11) is 1.73. The molecule has 112 valence electrons. The van der Waals surface area contributed by atoms with Gasteiger partial charge in [-0.25, -0.2) is 0 Å². The molecule has 1 aliphatic rings. The highest BCUT2D eigenvalue weighted by molar-refractivity contribution is 5.28. The summed E-state index contributed by atoms with van der Waals surface area (Å²) in [6, 6.07) is 9.13. The van der Waals surface area contributed by atoms with Crippen LogP contribution in [0.5, 0.6) is 5.75 Å². The van der Waals surface area contributed by atoms with Crippen molar-refractivity contribution in [2.45, 2.75) is 32.7 Å². The Morgan fingerprint density at radius 2 is 2.25 bits per heavy atom. The highest BCUT2D eigenvalue weighted by Gasteiger charge is 2.24. The van der Waals surface area contributed by atoms with Gasteiger partial charge in [-0.1, -0.05) is 26.0 Å². The highest BCUT2D eigenvalue weighted by atomic mass is 16.5. The molecule has 1 fully saturated rings. The molecular formula is C17H28N2O. The molecule has 20 heavy (non-hydrogen) atoms. The van der Waals surface area contributed by atoms with E-state index in [2.05, 4.69) is 42.3 Å². The lowest BCUT2D eigenvalue weighted by molar-refractivity contribution is 0.150. The zero-order chi connectivity index (χ0) is 14.4. The third kappa shape index (κ3) is 4.22. The minimum Gasteiger partial charge on any atom is -0.497 e. The van der Waals surface area contributed by atoms with Crippen LogP contribution in [0, 0.1) is 5.92 Å². The Hall–Kier alpha value is -1.06. The molecule has 1 heterocycles. The van der Waals surface area contributed by atoms with Crippen LogP contribution >= 0.6 is 0 Å². The number of hydrogen-bond donors (Lipinski definition) is 1. The van der Waals surface area contributed by atoms with Crippen LogP contribution in [0.15, 0.2) is 24.3 Å². The van der Waals surface area contributed by atoms with E-state index in [9.17, 15) is 0 Å². The Labute approximate surface area is 123 Å². The number of likely N-dealkylation sites (tertiary alicyclic amines) is 1. The number of piperidine rings is 1. The van der Waals surface area contributed by atoms with Gasteiger partial charge in [-0.15, -0.1) is 0 Å². The molecular weight excluding hydrogens is 248 g/mol. The van der Waals surface area contributed by atoms with Crippen molar-refractivity contribution in [3.63, 3.8) is 0 Å². The standard InChI is InChI=1S/C17H28N2O/c1-4-18-17-9-11-19(13-14(17)2)10-8-15-6-5-7-16(12-15)20-3/h5-7,12,14,17-18H,4,8-11,13H2,1-3H3. The molecule has 1 saturated heterocycles. The number of benzene rings is 1. The normalized spacial score (nSPS) is 23.8. The maximum atomic E-state index is 5.28. The molecule has 0 radical (unpaired) electrons.